The molecule has 4 rings (SSSR count). The zero-order valence-corrected chi connectivity index (χ0v) is 18.9. The molecule has 3 heterocycles. The maximum Gasteiger partial charge on any atom is 0.250 e. The monoisotopic (exact) mass is 451 g/mol. The standard InChI is InChI=1S/C23H25N5O3S/c1-14-7-9-17(25-14)22-21(16-6-4-5-11-24-16)27-23(32)28(22)15-8-10-19(31-3)18(12-15)26-20(29)13-30-2/h4-12,21-22,25H,13H2,1-3H3,(H,26,29)(H,27,32)/t21-,22-/m0/s1. The van der Waals surface area contributed by atoms with E-state index in [4.69, 9.17) is 21.7 Å². The van der Waals surface area contributed by atoms with Crippen molar-refractivity contribution < 1.29 is 14.3 Å². The minimum absolute atomic E-state index is 0.0524. The zero-order chi connectivity index (χ0) is 22.7. The van der Waals surface area contributed by atoms with Crippen LogP contribution in [0.2, 0.25) is 0 Å². The number of nitrogens with zero attached hydrogens (tertiary/aromatic N) is 2. The van der Waals surface area contributed by atoms with Crippen LogP contribution in [0.15, 0.2) is 54.7 Å². The lowest BCUT2D eigenvalue weighted by Gasteiger charge is -2.27. The highest BCUT2D eigenvalue weighted by molar-refractivity contribution is 7.80. The Morgan fingerprint density at radius 3 is 2.72 bits per heavy atom. The Labute approximate surface area is 191 Å². The van der Waals surface area contributed by atoms with Crippen molar-refractivity contribution in [2.75, 3.05) is 31.0 Å². The largest absolute Gasteiger partial charge is 0.495 e. The van der Waals surface area contributed by atoms with Crippen molar-refractivity contribution >= 4 is 34.6 Å². The molecule has 9 heteroatoms. The molecule has 0 aliphatic carbocycles. The van der Waals surface area contributed by atoms with Crippen molar-refractivity contribution in [1.82, 2.24) is 15.3 Å². The van der Waals surface area contributed by atoms with E-state index in [0.717, 1.165) is 22.8 Å². The van der Waals surface area contributed by atoms with Crippen LogP contribution >= 0.6 is 12.2 Å². The highest BCUT2D eigenvalue weighted by Crippen LogP contribution is 2.42. The van der Waals surface area contributed by atoms with Crippen LogP contribution in [0.1, 0.15) is 29.2 Å². The molecule has 8 nitrogen and oxygen atoms in total. The van der Waals surface area contributed by atoms with E-state index in [0.29, 0.717) is 16.5 Å². The van der Waals surface area contributed by atoms with Gasteiger partial charge in [0, 0.05) is 30.4 Å². The number of amides is 1. The highest BCUT2D eigenvalue weighted by atomic mass is 32.1. The zero-order valence-electron chi connectivity index (χ0n) is 18.1. The molecule has 1 amide bonds. The predicted molar refractivity (Wildman–Crippen MR) is 127 cm³/mol. The molecule has 32 heavy (non-hydrogen) atoms. The molecule has 2 aromatic heterocycles. The average Bonchev–Trinajstić information content (AvgIpc) is 3.37. The van der Waals surface area contributed by atoms with E-state index in [1.807, 2.05) is 54.3 Å². The second kappa shape index (κ2) is 9.37. The van der Waals surface area contributed by atoms with Crippen molar-refractivity contribution in [3.63, 3.8) is 0 Å². The number of anilines is 2. The second-order valence-corrected chi connectivity index (χ2v) is 7.85. The fourth-order valence-electron chi connectivity index (χ4n) is 3.91. The Morgan fingerprint density at radius 2 is 2.06 bits per heavy atom. The summed E-state index contributed by atoms with van der Waals surface area (Å²) in [6.07, 6.45) is 1.77. The summed E-state index contributed by atoms with van der Waals surface area (Å²) >= 11 is 5.75. The SMILES string of the molecule is COCC(=O)Nc1cc(N2C(=S)N[C@@H](c3ccccn3)[C@@H]2c2ccc(C)[nH]2)ccc1OC. The number of H-pyrrole nitrogens is 1. The molecular weight excluding hydrogens is 426 g/mol. The Hall–Kier alpha value is -3.43. The van der Waals surface area contributed by atoms with Gasteiger partial charge in [-0.05, 0) is 61.6 Å². The number of aryl methyl sites for hydroxylation is 1. The smallest absolute Gasteiger partial charge is 0.250 e. The molecule has 1 aromatic carbocycles. The molecule has 3 aromatic rings. The number of aromatic nitrogens is 2. The van der Waals surface area contributed by atoms with E-state index in [2.05, 4.69) is 26.7 Å². The Bertz CT molecular complexity index is 1120. The number of methoxy groups -OCH3 is 2. The average molecular weight is 452 g/mol. The first kappa shape index (κ1) is 21.8. The molecule has 0 bridgehead atoms. The van der Waals surface area contributed by atoms with Crippen molar-refractivity contribution in [3.8, 4) is 5.75 Å². The lowest BCUT2D eigenvalue weighted by atomic mass is 10.0. The van der Waals surface area contributed by atoms with Gasteiger partial charge in [-0.3, -0.25) is 9.78 Å². The number of carbonyl (C=O) groups is 1. The quantitative estimate of drug-likeness (QED) is 0.474. The van der Waals surface area contributed by atoms with E-state index in [1.165, 1.54) is 7.11 Å². The molecule has 0 saturated carbocycles. The number of pyridine rings is 1. The number of aromatic amines is 1. The summed E-state index contributed by atoms with van der Waals surface area (Å²) in [6, 6.07) is 15.2. The number of benzene rings is 1. The summed E-state index contributed by atoms with van der Waals surface area (Å²) in [6.45, 7) is 1.96. The Kier molecular flexibility index (Phi) is 6.38. The van der Waals surface area contributed by atoms with Crippen LogP contribution < -0.4 is 20.3 Å². The van der Waals surface area contributed by atoms with E-state index < -0.39 is 0 Å². The number of ether oxygens (including phenoxy) is 2. The third kappa shape index (κ3) is 4.30. The van der Waals surface area contributed by atoms with Gasteiger partial charge in [0.05, 0.1) is 24.5 Å². The van der Waals surface area contributed by atoms with E-state index in [9.17, 15) is 4.79 Å². The molecule has 1 saturated heterocycles. The number of rotatable bonds is 7. The molecule has 0 spiro atoms. The summed E-state index contributed by atoms with van der Waals surface area (Å²) < 4.78 is 10.4. The van der Waals surface area contributed by atoms with Gasteiger partial charge in [0.2, 0.25) is 5.91 Å². The lowest BCUT2D eigenvalue weighted by molar-refractivity contribution is -0.119. The van der Waals surface area contributed by atoms with Gasteiger partial charge in [0.25, 0.3) is 0 Å². The molecule has 1 fully saturated rings. The number of carbonyl (C=O) groups excluding carboxylic acids is 1. The maximum absolute atomic E-state index is 12.1. The number of hydrogen-bond acceptors (Lipinski definition) is 5. The predicted octanol–water partition coefficient (Wildman–Crippen LogP) is 3.49. The highest BCUT2D eigenvalue weighted by Gasteiger charge is 2.41. The second-order valence-electron chi connectivity index (χ2n) is 7.46. The fourth-order valence-corrected chi connectivity index (χ4v) is 4.25. The van der Waals surface area contributed by atoms with Crippen LogP contribution in [0.25, 0.3) is 0 Å². The molecule has 1 aliphatic heterocycles. The summed E-state index contributed by atoms with van der Waals surface area (Å²) in [7, 11) is 3.03. The van der Waals surface area contributed by atoms with Crippen LogP contribution in [-0.4, -0.2) is 41.8 Å². The van der Waals surface area contributed by atoms with Gasteiger partial charge in [-0.2, -0.15) is 0 Å². The van der Waals surface area contributed by atoms with Crippen LogP contribution in [0.3, 0.4) is 0 Å². The van der Waals surface area contributed by atoms with Gasteiger partial charge < -0.3 is 30.0 Å². The van der Waals surface area contributed by atoms with Crippen molar-refractivity contribution in [2.24, 2.45) is 0 Å². The molecular formula is C23H25N5O3S. The Balaban J connectivity index is 1.77. The van der Waals surface area contributed by atoms with Crippen LogP contribution in [0.5, 0.6) is 5.75 Å². The lowest BCUT2D eigenvalue weighted by Crippen LogP contribution is -2.29. The Morgan fingerprint density at radius 1 is 1.22 bits per heavy atom. The molecule has 0 unspecified atom stereocenters. The van der Waals surface area contributed by atoms with Gasteiger partial charge >= 0.3 is 0 Å². The van der Waals surface area contributed by atoms with Gasteiger partial charge in [-0.15, -0.1) is 0 Å². The minimum Gasteiger partial charge on any atom is -0.495 e. The molecule has 0 radical (unpaired) electrons. The van der Waals surface area contributed by atoms with Gasteiger partial charge in [0.15, 0.2) is 5.11 Å². The fraction of sp³-hybridized carbons (Fsp3) is 0.261. The van der Waals surface area contributed by atoms with E-state index in [1.54, 1.807) is 13.3 Å². The summed E-state index contributed by atoms with van der Waals surface area (Å²) in [5, 5.41) is 6.83. The first-order valence-electron chi connectivity index (χ1n) is 10.1. The van der Waals surface area contributed by atoms with Crippen LogP contribution in [-0.2, 0) is 9.53 Å². The van der Waals surface area contributed by atoms with Gasteiger partial charge in [-0.1, -0.05) is 6.07 Å². The van der Waals surface area contributed by atoms with E-state index in [-0.39, 0.29) is 24.6 Å². The third-order valence-corrected chi connectivity index (χ3v) is 5.60. The van der Waals surface area contributed by atoms with Crippen molar-refractivity contribution in [3.05, 3.63) is 71.8 Å². The third-order valence-electron chi connectivity index (χ3n) is 5.28. The summed E-state index contributed by atoms with van der Waals surface area (Å²) in [4.78, 5) is 22.2. The van der Waals surface area contributed by atoms with Gasteiger partial charge in [0.1, 0.15) is 18.4 Å². The molecule has 166 valence electrons. The maximum atomic E-state index is 12.1. The number of thiocarbonyl (C=S) groups is 1. The number of nitrogens with one attached hydrogen (secondary N) is 3. The van der Waals surface area contributed by atoms with Crippen LogP contribution in [0.4, 0.5) is 11.4 Å². The van der Waals surface area contributed by atoms with Crippen LogP contribution in [0, 0.1) is 6.92 Å². The van der Waals surface area contributed by atoms with Crippen molar-refractivity contribution in [2.45, 2.75) is 19.0 Å². The van der Waals surface area contributed by atoms with Crippen molar-refractivity contribution in [1.29, 1.82) is 0 Å². The summed E-state index contributed by atoms with van der Waals surface area (Å²) in [5.74, 6) is 0.276. The first-order valence-corrected chi connectivity index (χ1v) is 10.6. The molecule has 3 N–H and O–H groups in total. The molecule has 1 aliphatic rings. The van der Waals surface area contributed by atoms with E-state index >= 15 is 0 Å². The minimum atomic E-state index is -0.270. The number of hydrogen-bond donors (Lipinski definition) is 3. The summed E-state index contributed by atoms with van der Waals surface area (Å²) in [5.41, 5.74) is 4.30. The molecule has 2 atom stereocenters. The normalized spacial score (nSPS) is 17.8. The topological polar surface area (TPSA) is 91.5 Å². The first-order chi connectivity index (χ1) is 15.5. The van der Waals surface area contributed by atoms with Gasteiger partial charge in [-0.25, -0.2) is 0 Å².